The van der Waals surface area contributed by atoms with Gasteiger partial charge in [0, 0.05) is 17.7 Å². The molecule has 0 bridgehead atoms. The molecule has 27 heavy (non-hydrogen) atoms. The van der Waals surface area contributed by atoms with Gasteiger partial charge >= 0.3 is 6.03 Å². The fourth-order valence-corrected chi connectivity index (χ4v) is 4.62. The normalized spacial score (nSPS) is 19.4. The Morgan fingerprint density at radius 3 is 2.48 bits per heavy atom. The number of para-hydroxylation sites is 1. The zero-order valence-electron chi connectivity index (χ0n) is 14.9. The summed E-state index contributed by atoms with van der Waals surface area (Å²) in [6.45, 7) is -0.231. The topological polar surface area (TPSA) is 60.9 Å². The highest BCUT2D eigenvalue weighted by molar-refractivity contribution is 7.99. The van der Waals surface area contributed by atoms with E-state index in [2.05, 4.69) is 0 Å². The number of amides is 4. The molecule has 4 amide bonds. The lowest BCUT2D eigenvalue weighted by Crippen LogP contribution is -2.46. The maximum Gasteiger partial charge on any atom is 0.327 e. The minimum absolute atomic E-state index is 0.0145. The Hall–Kier alpha value is -2.80. The van der Waals surface area contributed by atoms with E-state index in [1.54, 1.807) is 23.7 Å². The lowest BCUT2D eigenvalue weighted by atomic mass is 10.1. The smallest absolute Gasteiger partial charge is 0.318 e. The van der Waals surface area contributed by atoms with Crippen LogP contribution >= 0.6 is 11.8 Å². The average molecular weight is 381 g/mol. The van der Waals surface area contributed by atoms with Crippen LogP contribution in [-0.4, -0.2) is 53.5 Å². The predicted octanol–water partition coefficient (Wildman–Crippen LogP) is 2.76. The molecule has 0 N–H and O–H groups in total. The van der Waals surface area contributed by atoms with Gasteiger partial charge in [0.1, 0.15) is 13.1 Å². The summed E-state index contributed by atoms with van der Waals surface area (Å²) in [4.78, 5) is 42.7. The van der Waals surface area contributed by atoms with E-state index >= 15 is 0 Å². The summed E-state index contributed by atoms with van der Waals surface area (Å²) in [6, 6.07) is 17.0. The molecule has 0 aliphatic carbocycles. The molecule has 0 unspecified atom stereocenters. The minimum Gasteiger partial charge on any atom is -0.318 e. The van der Waals surface area contributed by atoms with Crippen molar-refractivity contribution in [2.75, 3.05) is 30.8 Å². The summed E-state index contributed by atoms with van der Waals surface area (Å²) in [5.41, 5.74) is 1.85. The second-order valence-corrected chi connectivity index (χ2v) is 7.65. The van der Waals surface area contributed by atoms with Crippen molar-refractivity contribution in [1.82, 2.24) is 9.80 Å². The van der Waals surface area contributed by atoms with Gasteiger partial charge in [-0.2, -0.15) is 0 Å². The molecule has 1 fully saturated rings. The van der Waals surface area contributed by atoms with Gasteiger partial charge in [-0.15, -0.1) is 11.8 Å². The molecule has 0 spiro atoms. The summed E-state index contributed by atoms with van der Waals surface area (Å²) < 4.78 is 0. The number of carbonyl (C=O) groups is 3. The van der Waals surface area contributed by atoms with Crippen molar-refractivity contribution in [3.8, 4) is 0 Å². The van der Waals surface area contributed by atoms with Crippen LogP contribution in [-0.2, 0) is 9.59 Å². The molecule has 1 atom stereocenters. The van der Waals surface area contributed by atoms with Crippen molar-refractivity contribution in [2.45, 2.75) is 10.9 Å². The number of benzene rings is 2. The second-order valence-electron chi connectivity index (χ2n) is 6.59. The van der Waals surface area contributed by atoms with E-state index in [0.717, 1.165) is 21.0 Å². The number of rotatable bonds is 3. The molecule has 2 aromatic carbocycles. The molecule has 2 heterocycles. The summed E-state index contributed by atoms with van der Waals surface area (Å²) in [5.74, 6) is 0.120. The summed E-state index contributed by atoms with van der Waals surface area (Å²) in [5, 5.41) is 0. The molecule has 7 heteroatoms. The number of imide groups is 1. The third-order valence-corrected chi connectivity index (χ3v) is 5.95. The van der Waals surface area contributed by atoms with E-state index in [-0.39, 0.29) is 30.9 Å². The van der Waals surface area contributed by atoms with Gasteiger partial charge in [-0.25, -0.2) is 4.79 Å². The first-order chi connectivity index (χ1) is 13.1. The molecular formula is C20H19N3O3S. The van der Waals surface area contributed by atoms with Gasteiger partial charge < -0.3 is 9.80 Å². The van der Waals surface area contributed by atoms with E-state index in [9.17, 15) is 14.4 Å². The number of hydrogen-bond acceptors (Lipinski definition) is 4. The number of likely N-dealkylation sites (N-methyl/N-ethyl adjacent to an activating group) is 1. The van der Waals surface area contributed by atoms with Crippen LogP contribution in [0.4, 0.5) is 10.5 Å². The van der Waals surface area contributed by atoms with Crippen molar-refractivity contribution in [3.63, 3.8) is 0 Å². The van der Waals surface area contributed by atoms with Gasteiger partial charge in [0.15, 0.2) is 0 Å². The molecular weight excluding hydrogens is 362 g/mol. The molecule has 2 aromatic rings. The molecule has 0 radical (unpaired) electrons. The van der Waals surface area contributed by atoms with Crippen molar-refractivity contribution >= 4 is 35.3 Å². The van der Waals surface area contributed by atoms with Crippen LogP contribution in [0.2, 0.25) is 0 Å². The van der Waals surface area contributed by atoms with Gasteiger partial charge in [0.2, 0.25) is 5.91 Å². The summed E-state index contributed by atoms with van der Waals surface area (Å²) >= 11 is 1.71. The van der Waals surface area contributed by atoms with Crippen molar-refractivity contribution in [1.29, 1.82) is 0 Å². The number of anilines is 1. The van der Waals surface area contributed by atoms with Crippen LogP contribution in [0.1, 0.15) is 11.6 Å². The van der Waals surface area contributed by atoms with Crippen LogP contribution in [0.5, 0.6) is 0 Å². The lowest BCUT2D eigenvalue weighted by Gasteiger charge is -2.37. The number of hydrogen-bond donors (Lipinski definition) is 0. The molecule has 0 saturated carbocycles. The maximum atomic E-state index is 13.3. The van der Waals surface area contributed by atoms with Crippen LogP contribution in [0.3, 0.4) is 0 Å². The fraction of sp³-hybridized carbons (Fsp3) is 0.250. The summed E-state index contributed by atoms with van der Waals surface area (Å²) in [7, 11) is 1.56. The van der Waals surface area contributed by atoms with E-state index in [4.69, 9.17) is 0 Å². The zero-order chi connectivity index (χ0) is 19.0. The van der Waals surface area contributed by atoms with Gasteiger partial charge in [0.05, 0.1) is 11.7 Å². The number of fused-ring (bicyclic) bond motifs is 1. The third-order valence-electron chi connectivity index (χ3n) is 4.81. The van der Waals surface area contributed by atoms with Crippen LogP contribution in [0.15, 0.2) is 59.5 Å². The number of nitrogens with zero attached hydrogens (tertiary/aromatic N) is 3. The van der Waals surface area contributed by atoms with Crippen molar-refractivity contribution in [2.24, 2.45) is 0 Å². The molecule has 4 rings (SSSR count). The summed E-state index contributed by atoms with van der Waals surface area (Å²) in [6.07, 6.45) is 0. The zero-order valence-corrected chi connectivity index (χ0v) is 15.7. The number of thioether (sulfide) groups is 1. The monoisotopic (exact) mass is 381 g/mol. The van der Waals surface area contributed by atoms with E-state index in [1.165, 1.54) is 4.90 Å². The Labute approximate surface area is 161 Å². The van der Waals surface area contributed by atoms with E-state index < -0.39 is 6.03 Å². The van der Waals surface area contributed by atoms with Crippen LogP contribution in [0, 0.1) is 0 Å². The van der Waals surface area contributed by atoms with Gasteiger partial charge in [0.25, 0.3) is 5.91 Å². The SMILES string of the molecule is CN1CC(=O)N(CC(=O)N2c3ccccc3SC[C@H]2c2ccccc2)C1=O. The fourth-order valence-electron chi connectivity index (χ4n) is 3.45. The highest BCUT2D eigenvalue weighted by Crippen LogP contribution is 2.43. The Morgan fingerprint density at radius 1 is 1.07 bits per heavy atom. The van der Waals surface area contributed by atoms with Crippen molar-refractivity contribution in [3.05, 3.63) is 60.2 Å². The quantitative estimate of drug-likeness (QED) is 0.767. The number of carbonyl (C=O) groups excluding carboxylic acids is 3. The third kappa shape index (κ3) is 3.19. The van der Waals surface area contributed by atoms with Gasteiger partial charge in [-0.05, 0) is 17.7 Å². The molecule has 2 aliphatic heterocycles. The lowest BCUT2D eigenvalue weighted by molar-refractivity contribution is -0.129. The van der Waals surface area contributed by atoms with E-state index in [1.807, 2.05) is 54.6 Å². The van der Waals surface area contributed by atoms with Gasteiger partial charge in [-0.3, -0.25) is 14.5 Å². The van der Waals surface area contributed by atoms with Crippen LogP contribution < -0.4 is 4.90 Å². The first kappa shape index (κ1) is 17.6. The highest BCUT2D eigenvalue weighted by Gasteiger charge is 2.39. The Bertz CT molecular complexity index is 902. The van der Waals surface area contributed by atoms with E-state index in [0.29, 0.717) is 5.75 Å². The van der Waals surface area contributed by atoms with Gasteiger partial charge in [-0.1, -0.05) is 42.5 Å². The highest BCUT2D eigenvalue weighted by atomic mass is 32.2. The molecule has 2 aliphatic rings. The van der Waals surface area contributed by atoms with Crippen LogP contribution in [0.25, 0.3) is 0 Å². The molecule has 1 saturated heterocycles. The Kier molecular flexibility index (Phi) is 4.61. The maximum absolute atomic E-state index is 13.3. The molecule has 6 nitrogen and oxygen atoms in total. The standard InChI is InChI=1S/C20H19N3O3S/c1-21-11-18(24)22(20(21)26)12-19(25)23-15-9-5-6-10-17(15)27-13-16(23)14-7-3-2-4-8-14/h2-10,16H,11-13H2,1H3/t16-/m0/s1. The Balaban J connectivity index is 1.68. The largest absolute Gasteiger partial charge is 0.327 e. The van der Waals surface area contributed by atoms with Crippen molar-refractivity contribution < 1.29 is 14.4 Å². The first-order valence-electron chi connectivity index (χ1n) is 8.70. The number of urea groups is 1. The average Bonchev–Trinajstić information content (AvgIpc) is 2.93. The second kappa shape index (κ2) is 7.08. The minimum atomic E-state index is -0.427. The Morgan fingerprint density at radius 2 is 1.78 bits per heavy atom. The molecule has 0 aromatic heterocycles. The molecule has 138 valence electrons. The first-order valence-corrected chi connectivity index (χ1v) is 9.69. The predicted molar refractivity (Wildman–Crippen MR) is 104 cm³/mol.